The summed E-state index contributed by atoms with van der Waals surface area (Å²) in [5.41, 5.74) is 0. The largest absolute Gasteiger partial charge is 0.497 e. The van der Waals surface area contributed by atoms with Gasteiger partial charge in [0.2, 0.25) is 0 Å². The van der Waals surface area contributed by atoms with Crippen molar-refractivity contribution in [3.05, 3.63) is 47.9 Å². The normalized spacial score (nSPS) is 14.1. The van der Waals surface area contributed by atoms with E-state index in [1.54, 1.807) is 25.3 Å². The van der Waals surface area contributed by atoms with Crippen LogP contribution in [0.5, 0.6) is 11.5 Å². The highest BCUT2D eigenvalue weighted by Crippen LogP contribution is 2.25. The first-order valence-corrected chi connectivity index (χ1v) is 7.88. The monoisotopic (exact) mass is 315 g/mol. The predicted molar refractivity (Wildman–Crippen MR) is 85.7 cm³/mol. The molecule has 1 saturated carbocycles. The van der Waals surface area contributed by atoms with Crippen molar-refractivity contribution in [1.29, 1.82) is 0 Å². The molecule has 3 rings (SSSR count). The van der Waals surface area contributed by atoms with E-state index in [2.05, 4.69) is 5.32 Å². The lowest BCUT2D eigenvalue weighted by molar-refractivity contribution is 0.0907. The van der Waals surface area contributed by atoms with Gasteiger partial charge in [-0.15, -0.1) is 0 Å². The van der Waals surface area contributed by atoms with Gasteiger partial charge >= 0.3 is 0 Å². The van der Waals surface area contributed by atoms with Crippen LogP contribution in [0.15, 0.2) is 40.8 Å². The lowest BCUT2D eigenvalue weighted by atomic mass is 9.85. The highest BCUT2D eigenvalue weighted by Gasteiger charge is 2.19. The van der Waals surface area contributed by atoms with Gasteiger partial charge in [0.1, 0.15) is 23.9 Å². The van der Waals surface area contributed by atoms with Crippen molar-refractivity contribution in [2.45, 2.75) is 25.9 Å². The molecular weight excluding hydrogens is 294 g/mol. The molecule has 0 spiro atoms. The number of methoxy groups -OCH3 is 1. The quantitative estimate of drug-likeness (QED) is 0.850. The van der Waals surface area contributed by atoms with Gasteiger partial charge in [0.05, 0.1) is 7.11 Å². The number of carbonyl (C=O) groups excluding carboxylic acids is 1. The molecule has 0 atom stereocenters. The van der Waals surface area contributed by atoms with E-state index in [1.165, 1.54) is 19.3 Å². The van der Waals surface area contributed by atoms with Crippen LogP contribution >= 0.6 is 0 Å². The van der Waals surface area contributed by atoms with Crippen molar-refractivity contribution in [1.82, 2.24) is 5.32 Å². The van der Waals surface area contributed by atoms with Crippen molar-refractivity contribution in [2.75, 3.05) is 13.7 Å². The molecule has 5 nitrogen and oxygen atoms in total. The van der Waals surface area contributed by atoms with Gasteiger partial charge in [-0.2, -0.15) is 0 Å². The van der Waals surface area contributed by atoms with E-state index in [0.29, 0.717) is 23.2 Å². The molecule has 1 amide bonds. The molecule has 0 bridgehead atoms. The Balaban J connectivity index is 1.50. The average Bonchev–Trinajstić information content (AvgIpc) is 3.00. The number of carbonyl (C=O) groups is 1. The number of ether oxygens (including phenoxy) is 2. The Labute approximate surface area is 135 Å². The summed E-state index contributed by atoms with van der Waals surface area (Å²) in [6.45, 7) is 0.998. The van der Waals surface area contributed by atoms with Crippen molar-refractivity contribution in [3.8, 4) is 11.5 Å². The number of benzene rings is 1. The maximum Gasteiger partial charge on any atom is 0.287 e. The third-order valence-electron chi connectivity index (χ3n) is 4.08. The zero-order valence-electron chi connectivity index (χ0n) is 13.2. The number of furan rings is 1. The van der Waals surface area contributed by atoms with Gasteiger partial charge in [-0.3, -0.25) is 4.79 Å². The molecule has 1 aliphatic rings. The van der Waals surface area contributed by atoms with Crippen LogP contribution in [-0.4, -0.2) is 19.6 Å². The lowest BCUT2D eigenvalue weighted by Gasteiger charge is -2.25. The second kappa shape index (κ2) is 7.22. The maximum absolute atomic E-state index is 12.0. The fraction of sp³-hybridized carbons (Fsp3) is 0.389. The Hall–Kier alpha value is -2.43. The van der Waals surface area contributed by atoms with Crippen LogP contribution in [0.2, 0.25) is 0 Å². The number of rotatable bonds is 7. The minimum absolute atomic E-state index is 0.162. The fourth-order valence-corrected chi connectivity index (χ4v) is 2.44. The molecule has 1 fully saturated rings. The molecule has 1 aliphatic carbocycles. The summed E-state index contributed by atoms with van der Waals surface area (Å²) in [5, 5.41) is 2.91. The van der Waals surface area contributed by atoms with Crippen LogP contribution in [0, 0.1) is 5.92 Å². The lowest BCUT2D eigenvalue weighted by Crippen LogP contribution is -2.31. The summed E-state index contributed by atoms with van der Waals surface area (Å²) in [7, 11) is 1.61. The Morgan fingerprint density at radius 1 is 1.26 bits per heavy atom. The number of amides is 1. The van der Waals surface area contributed by atoms with E-state index in [1.807, 2.05) is 18.2 Å². The van der Waals surface area contributed by atoms with Gasteiger partial charge in [0, 0.05) is 12.6 Å². The highest BCUT2D eigenvalue weighted by molar-refractivity contribution is 5.91. The topological polar surface area (TPSA) is 60.7 Å². The Morgan fingerprint density at radius 3 is 2.83 bits per heavy atom. The van der Waals surface area contributed by atoms with E-state index >= 15 is 0 Å². The van der Waals surface area contributed by atoms with Crippen LogP contribution in [-0.2, 0) is 6.61 Å². The van der Waals surface area contributed by atoms with Crippen molar-refractivity contribution in [3.63, 3.8) is 0 Å². The molecule has 2 aromatic rings. The summed E-state index contributed by atoms with van der Waals surface area (Å²) in [6, 6.07) is 10.8. The molecule has 0 radical (unpaired) electrons. The summed E-state index contributed by atoms with van der Waals surface area (Å²) >= 11 is 0. The molecule has 0 saturated heterocycles. The van der Waals surface area contributed by atoms with Crippen LogP contribution in [0.25, 0.3) is 0 Å². The fourth-order valence-electron chi connectivity index (χ4n) is 2.44. The van der Waals surface area contributed by atoms with Crippen molar-refractivity contribution < 1.29 is 18.7 Å². The Morgan fingerprint density at radius 2 is 2.09 bits per heavy atom. The second-order valence-electron chi connectivity index (χ2n) is 5.74. The van der Waals surface area contributed by atoms with Gasteiger partial charge in [-0.05, 0) is 43.0 Å². The van der Waals surface area contributed by atoms with Gasteiger partial charge in [0.25, 0.3) is 5.91 Å². The van der Waals surface area contributed by atoms with Gasteiger partial charge in [0.15, 0.2) is 5.76 Å². The van der Waals surface area contributed by atoms with E-state index in [-0.39, 0.29) is 12.5 Å². The molecule has 5 heteroatoms. The third-order valence-corrected chi connectivity index (χ3v) is 4.08. The third kappa shape index (κ3) is 4.06. The first kappa shape index (κ1) is 15.5. The first-order chi connectivity index (χ1) is 11.2. The molecule has 23 heavy (non-hydrogen) atoms. The molecule has 0 unspecified atom stereocenters. The Kier molecular flexibility index (Phi) is 4.86. The van der Waals surface area contributed by atoms with Crippen molar-refractivity contribution >= 4 is 5.91 Å². The van der Waals surface area contributed by atoms with Gasteiger partial charge in [-0.25, -0.2) is 0 Å². The average molecular weight is 315 g/mol. The van der Waals surface area contributed by atoms with Crippen LogP contribution in [0.4, 0.5) is 0 Å². The van der Waals surface area contributed by atoms with E-state index in [0.717, 1.165) is 12.3 Å². The van der Waals surface area contributed by atoms with Crippen molar-refractivity contribution in [2.24, 2.45) is 5.92 Å². The minimum atomic E-state index is -0.162. The molecule has 1 aromatic heterocycles. The van der Waals surface area contributed by atoms with E-state index < -0.39 is 0 Å². The zero-order valence-corrected chi connectivity index (χ0v) is 13.2. The SMILES string of the molecule is COc1cccc(OCc2ccc(C(=O)NCC3CCC3)o2)c1. The predicted octanol–water partition coefficient (Wildman–Crippen LogP) is 3.40. The summed E-state index contributed by atoms with van der Waals surface area (Å²) in [6.07, 6.45) is 3.68. The summed E-state index contributed by atoms with van der Waals surface area (Å²) in [5.74, 6) is 2.83. The van der Waals surface area contributed by atoms with Gasteiger partial charge < -0.3 is 19.2 Å². The van der Waals surface area contributed by atoms with Crippen LogP contribution in [0.3, 0.4) is 0 Å². The smallest absolute Gasteiger partial charge is 0.287 e. The van der Waals surface area contributed by atoms with Crippen LogP contribution < -0.4 is 14.8 Å². The Bertz CT molecular complexity index is 661. The maximum atomic E-state index is 12.0. The van der Waals surface area contributed by atoms with E-state index in [4.69, 9.17) is 13.9 Å². The minimum Gasteiger partial charge on any atom is -0.497 e. The first-order valence-electron chi connectivity index (χ1n) is 7.88. The standard InChI is InChI=1S/C18H21NO4/c1-21-14-6-3-7-15(10-14)22-12-16-8-9-17(23-16)18(20)19-11-13-4-2-5-13/h3,6-10,13H,2,4-5,11-12H2,1H3,(H,19,20). The highest BCUT2D eigenvalue weighted by atomic mass is 16.5. The summed E-state index contributed by atoms with van der Waals surface area (Å²) < 4.78 is 16.3. The summed E-state index contributed by atoms with van der Waals surface area (Å²) in [4.78, 5) is 12.0. The van der Waals surface area contributed by atoms with E-state index in [9.17, 15) is 4.79 Å². The molecule has 0 aliphatic heterocycles. The molecule has 1 N–H and O–H groups in total. The molecule has 122 valence electrons. The molecule has 1 aromatic carbocycles. The molecule has 1 heterocycles. The van der Waals surface area contributed by atoms with Gasteiger partial charge in [-0.1, -0.05) is 12.5 Å². The number of hydrogen-bond donors (Lipinski definition) is 1. The second-order valence-corrected chi connectivity index (χ2v) is 5.74. The zero-order chi connectivity index (χ0) is 16.1. The van der Waals surface area contributed by atoms with Crippen LogP contribution in [0.1, 0.15) is 35.6 Å². The number of nitrogens with one attached hydrogen (secondary N) is 1. The number of hydrogen-bond acceptors (Lipinski definition) is 4. The molecular formula is C18H21NO4.